The number of Topliss-reactive ketones (excluding diaryl/α,β-unsaturated/α-hetero) is 1. The van der Waals surface area contributed by atoms with Crippen molar-refractivity contribution in [1.82, 2.24) is 9.78 Å². The van der Waals surface area contributed by atoms with Gasteiger partial charge in [-0.2, -0.15) is 5.10 Å². The molecule has 0 radical (unpaired) electrons. The molecule has 0 bridgehead atoms. The van der Waals surface area contributed by atoms with Crippen molar-refractivity contribution in [2.45, 2.75) is 31.6 Å². The number of aromatic nitrogens is 2. The molecule has 1 saturated carbocycles. The first-order valence-electron chi connectivity index (χ1n) is 5.50. The summed E-state index contributed by atoms with van der Waals surface area (Å²) in [5.74, 6) is -3.15. The lowest BCUT2D eigenvalue weighted by molar-refractivity contribution is -0.0425. The fourth-order valence-electron chi connectivity index (χ4n) is 2.18. The zero-order valence-corrected chi connectivity index (χ0v) is 10.2. The third kappa shape index (κ3) is 2.49. The summed E-state index contributed by atoms with van der Waals surface area (Å²) in [4.78, 5) is 12.1. The Hall–Kier alpha value is -0.970. The molecule has 0 aliphatic heterocycles. The van der Waals surface area contributed by atoms with Gasteiger partial charge in [-0.1, -0.05) is 11.6 Å². The molecular weight excluding hydrogens is 250 g/mol. The van der Waals surface area contributed by atoms with E-state index in [4.69, 9.17) is 11.6 Å². The molecule has 0 saturated heterocycles. The Labute approximate surface area is 103 Å². The molecule has 1 heterocycles. The predicted octanol–water partition coefficient (Wildman–Crippen LogP) is 3.08. The summed E-state index contributed by atoms with van der Waals surface area (Å²) in [6.45, 7) is 0. The van der Waals surface area contributed by atoms with Crippen LogP contribution in [-0.4, -0.2) is 21.5 Å². The third-order valence-electron chi connectivity index (χ3n) is 3.22. The van der Waals surface area contributed by atoms with Crippen LogP contribution in [0.2, 0.25) is 5.02 Å². The Bertz CT molecular complexity index is 415. The van der Waals surface area contributed by atoms with Crippen molar-refractivity contribution in [3.05, 3.63) is 16.9 Å². The fourth-order valence-corrected chi connectivity index (χ4v) is 2.44. The quantitative estimate of drug-likeness (QED) is 0.768. The van der Waals surface area contributed by atoms with Gasteiger partial charge in [-0.15, -0.1) is 0 Å². The summed E-state index contributed by atoms with van der Waals surface area (Å²) < 4.78 is 27.4. The van der Waals surface area contributed by atoms with Gasteiger partial charge < -0.3 is 0 Å². The molecular formula is C11H13ClF2N2O. The number of hydrogen-bond donors (Lipinski definition) is 0. The first kappa shape index (κ1) is 12.5. The summed E-state index contributed by atoms with van der Waals surface area (Å²) in [5.41, 5.74) is 0.321. The van der Waals surface area contributed by atoms with Gasteiger partial charge in [0, 0.05) is 25.8 Å². The lowest BCUT2D eigenvalue weighted by Gasteiger charge is -2.27. The van der Waals surface area contributed by atoms with Crippen molar-refractivity contribution in [1.29, 1.82) is 0 Å². The third-order valence-corrected chi connectivity index (χ3v) is 3.49. The van der Waals surface area contributed by atoms with Crippen LogP contribution in [0.15, 0.2) is 6.20 Å². The number of alkyl halides is 2. The van der Waals surface area contributed by atoms with E-state index in [1.54, 1.807) is 7.05 Å². The molecule has 94 valence electrons. The van der Waals surface area contributed by atoms with Gasteiger partial charge in [-0.05, 0) is 12.8 Å². The average Bonchev–Trinajstić information content (AvgIpc) is 2.58. The maximum atomic E-state index is 13.0. The second-order valence-corrected chi connectivity index (χ2v) is 4.87. The highest BCUT2D eigenvalue weighted by molar-refractivity contribution is 6.33. The van der Waals surface area contributed by atoms with E-state index in [9.17, 15) is 13.6 Å². The topological polar surface area (TPSA) is 34.9 Å². The maximum Gasteiger partial charge on any atom is 0.248 e. The maximum absolute atomic E-state index is 13.0. The summed E-state index contributed by atoms with van der Waals surface area (Å²) >= 11 is 5.86. The number of carbonyl (C=O) groups excluding carboxylic acids is 1. The van der Waals surface area contributed by atoms with Gasteiger partial charge in [0.1, 0.15) is 5.69 Å². The summed E-state index contributed by atoms with van der Waals surface area (Å²) in [5, 5.41) is 4.16. The average molecular weight is 263 g/mol. The zero-order valence-electron chi connectivity index (χ0n) is 9.42. The highest BCUT2D eigenvalue weighted by atomic mass is 35.5. The van der Waals surface area contributed by atoms with Crippen LogP contribution in [0.3, 0.4) is 0 Å². The molecule has 0 atom stereocenters. The van der Waals surface area contributed by atoms with Crippen LogP contribution in [0.1, 0.15) is 36.2 Å². The number of nitrogens with zero attached hydrogens (tertiary/aromatic N) is 2. The van der Waals surface area contributed by atoms with Crippen LogP contribution in [0.25, 0.3) is 0 Å². The van der Waals surface area contributed by atoms with Crippen LogP contribution in [0, 0.1) is 5.92 Å². The molecule has 1 aromatic rings. The lowest BCUT2D eigenvalue weighted by Crippen LogP contribution is -2.29. The van der Waals surface area contributed by atoms with Crippen LogP contribution in [0.5, 0.6) is 0 Å². The molecule has 1 aliphatic rings. The van der Waals surface area contributed by atoms with Crippen LogP contribution in [-0.2, 0) is 7.05 Å². The Kier molecular flexibility index (Phi) is 3.21. The molecule has 6 heteroatoms. The Morgan fingerprint density at radius 2 is 2.12 bits per heavy atom. The predicted molar refractivity (Wildman–Crippen MR) is 59.5 cm³/mol. The molecule has 0 aromatic carbocycles. The second kappa shape index (κ2) is 4.37. The van der Waals surface area contributed by atoms with Gasteiger partial charge in [-0.25, -0.2) is 8.78 Å². The molecule has 2 rings (SSSR count). The van der Waals surface area contributed by atoms with Gasteiger partial charge in [0.2, 0.25) is 5.92 Å². The van der Waals surface area contributed by atoms with E-state index < -0.39 is 5.92 Å². The number of carbonyl (C=O) groups is 1. The summed E-state index contributed by atoms with van der Waals surface area (Å²) in [7, 11) is 1.62. The molecule has 3 nitrogen and oxygen atoms in total. The van der Waals surface area contributed by atoms with Crippen molar-refractivity contribution < 1.29 is 13.6 Å². The standard InChI is InChI=1S/C11H13ClF2N2O/c1-16-9(8(12)6-15-16)10(17)7-2-4-11(13,14)5-3-7/h6-7H,2-5H2,1H3. The summed E-state index contributed by atoms with van der Waals surface area (Å²) in [6.07, 6.45) is 1.38. The summed E-state index contributed by atoms with van der Waals surface area (Å²) in [6, 6.07) is 0. The fraction of sp³-hybridized carbons (Fsp3) is 0.636. The Morgan fingerprint density at radius 3 is 2.59 bits per heavy atom. The monoisotopic (exact) mass is 262 g/mol. The first-order chi connectivity index (χ1) is 7.91. The minimum absolute atomic E-state index is 0.175. The zero-order chi connectivity index (χ0) is 12.6. The molecule has 1 aliphatic carbocycles. The minimum atomic E-state index is -2.62. The SMILES string of the molecule is Cn1ncc(Cl)c1C(=O)C1CCC(F)(F)CC1. The smallest absolute Gasteiger partial charge is 0.248 e. The van der Waals surface area contributed by atoms with Crippen LogP contribution >= 0.6 is 11.6 Å². The van der Waals surface area contributed by atoms with E-state index in [1.165, 1.54) is 10.9 Å². The molecule has 0 amide bonds. The Morgan fingerprint density at radius 1 is 1.53 bits per heavy atom. The second-order valence-electron chi connectivity index (χ2n) is 4.46. The van der Waals surface area contributed by atoms with E-state index in [2.05, 4.69) is 5.10 Å². The van der Waals surface area contributed by atoms with Crippen LogP contribution in [0.4, 0.5) is 8.78 Å². The number of aryl methyl sites for hydroxylation is 1. The molecule has 0 unspecified atom stereocenters. The van der Waals surface area contributed by atoms with E-state index in [0.717, 1.165) is 0 Å². The molecule has 0 N–H and O–H groups in total. The van der Waals surface area contributed by atoms with Crippen molar-refractivity contribution in [2.75, 3.05) is 0 Å². The van der Waals surface area contributed by atoms with Gasteiger partial charge in [0.05, 0.1) is 11.2 Å². The number of rotatable bonds is 2. The highest BCUT2D eigenvalue weighted by Gasteiger charge is 2.38. The largest absolute Gasteiger partial charge is 0.292 e. The lowest BCUT2D eigenvalue weighted by atomic mass is 9.83. The van der Waals surface area contributed by atoms with Gasteiger partial charge >= 0.3 is 0 Å². The number of halogens is 3. The minimum Gasteiger partial charge on any atom is -0.292 e. The van der Waals surface area contributed by atoms with E-state index in [0.29, 0.717) is 5.69 Å². The molecule has 1 fully saturated rings. The van der Waals surface area contributed by atoms with E-state index in [-0.39, 0.29) is 42.4 Å². The molecule has 0 spiro atoms. The van der Waals surface area contributed by atoms with Crippen molar-refractivity contribution >= 4 is 17.4 Å². The van der Waals surface area contributed by atoms with E-state index in [1.807, 2.05) is 0 Å². The normalized spacial score (nSPS) is 20.5. The van der Waals surface area contributed by atoms with Crippen molar-refractivity contribution in [2.24, 2.45) is 13.0 Å². The van der Waals surface area contributed by atoms with Gasteiger partial charge in [0.15, 0.2) is 5.78 Å². The molecule has 17 heavy (non-hydrogen) atoms. The van der Waals surface area contributed by atoms with E-state index >= 15 is 0 Å². The van der Waals surface area contributed by atoms with Gasteiger partial charge in [-0.3, -0.25) is 9.48 Å². The molecule has 1 aromatic heterocycles. The van der Waals surface area contributed by atoms with Gasteiger partial charge in [0.25, 0.3) is 0 Å². The van der Waals surface area contributed by atoms with Crippen molar-refractivity contribution in [3.63, 3.8) is 0 Å². The van der Waals surface area contributed by atoms with Crippen molar-refractivity contribution in [3.8, 4) is 0 Å². The van der Waals surface area contributed by atoms with Crippen LogP contribution < -0.4 is 0 Å². The number of ketones is 1. The Balaban J connectivity index is 2.12. The highest BCUT2D eigenvalue weighted by Crippen LogP contribution is 2.37. The first-order valence-corrected chi connectivity index (χ1v) is 5.88. The number of hydrogen-bond acceptors (Lipinski definition) is 2.